The van der Waals surface area contributed by atoms with Gasteiger partial charge in [0.25, 0.3) is 0 Å². The maximum absolute atomic E-state index is 11.7. The molecule has 2 heterocycles. The number of esters is 1. The van der Waals surface area contributed by atoms with Crippen LogP contribution in [-0.4, -0.2) is 34.4 Å². The summed E-state index contributed by atoms with van der Waals surface area (Å²) in [5.74, 6) is -0.635. The van der Waals surface area contributed by atoms with E-state index in [1.165, 1.54) is 11.3 Å². The Morgan fingerprint density at radius 2 is 2.32 bits per heavy atom. The quantitative estimate of drug-likeness (QED) is 0.827. The van der Waals surface area contributed by atoms with Gasteiger partial charge in [-0.2, -0.15) is 0 Å². The number of hydrogen-bond acceptors (Lipinski definition) is 5. The number of imidazole rings is 1. The fourth-order valence-electron chi connectivity index (χ4n) is 1.68. The van der Waals surface area contributed by atoms with Crippen molar-refractivity contribution >= 4 is 28.2 Å². The number of amides is 1. The van der Waals surface area contributed by atoms with Gasteiger partial charge in [-0.3, -0.25) is 14.0 Å². The molecule has 6 nitrogen and oxygen atoms in total. The molecule has 1 amide bonds. The number of aromatic nitrogens is 2. The highest BCUT2D eigenvalue weighted by atomic mass is 32.1. The number of rotatable bonds is 5. The first-order chi connectivity index (χ1) is 9.10. The van der Waals surface area contributed by atoms with E-state index >= 15 is 0 Å². The van der Waals surface area contributed by atoms with Gasteiger partial charge in [0.2, 0.25) is 5.91 Å². The smallest absolute Gasteiger partial charge is 0.325 e. The third kappa shape index (κ3) is 3.31. The van der Waals surface area contributed by atoms with Crippen LogP contribution in [0.25, 0.3) is 4.96 Å². The first-order valence-electron chi connectivity index (χ1n) is 5.94. The fraction of sp³-hybridized carbons (Fsp3) is 0.417. The molecular weight excluding hydrogens is 266 g/mol. The second-order valence-corrected chi connectivity index (χ2v) is 4.86. The highest BCUT2D eigenvalue weighted by molar-refractivity contribution is 7.15. The van der Waals surface area contributed by atoms with E-state index < -0.39 is 5.97 Å². The van der Waals surface area contributed by atoms with Gasteiger partial charge in [0, 0.05) is 17.3 Å². The van der Waals surface area contributed by atoms with Crippen LogP contribution in [0.4, 0.5) is 0 Å². The van der Waals surface area contributed by atoms with Crippen LogP contribution in [0.15, 0.2) is 11.6 Å². The van der Waals surface area contributed by atoms with Gasteiger partial charge < -0.3 is 10.1 Å². The summed E-state index contributed by atoms with van der Waals surface area (Å²) in [6.07, 6.45) is 2.11. The highest BCUT2D eigenvalue weighted by Gasteiger charge is 2.11. The van der Waals surface area contributed by atoms with Gasteiger partial charge in [0.1, 0.15) is 6.54 Å². The number of carbonyl (C=O) groups excluding carboxylic acids is 2. The van der Waals surface area contributed by atoms with E-state index in [0.717, 1.165) is 16.3 Å². The normalized spacial score (nSPS) is 10.6. The van der Waals surface area contributed by atoms with Gasteiger partial charge in [-0.1, -0.05) is 0 Å². The molecule has 0 spiro atoms. The van der Waals surface area contributed by atoms with Crippen molar-refractivity contribution in [3.8, 4) is 0 Å². The minimum Gasteiger partial charge on any atom is -0.465 e. The molecule has 0 saturated heterocycles. The molecule has 0 atom stereocenters. The minimum absolute atomic E-state index is 0.0943. The summed E-state index contributed by atoms with van der Waals surface area (Å²) < 4.78 is 6.63. The average Bonchev–Trinajstić information content (AvgIpc) is 2.88. The maximum Gasteiger partial charge on any atom is 0.325 e. The molecule has 0 fully saturated rings. The van der Waals surface area contributed by atoms with Gasteiger partial charge in [0.05, 0.1) is 18.7 Å². The second-order valence-electron chi connectivity index (χ2n) is 4.02. The highest BCUT2D eigenvalue weighted by Crippen LogP contribution is 2.16. The Hall–Kier alpha value is -1.89. The maximum atomic E-state index is 11.7. The van der Waals surface area contributed by atoms with Crippen molar-refractivity contribution in [2.24, 2.45) is 0 Å². The molecule has 0 radical (unpaired) electrons. The lowest BCUT2D eigenvalue weighted by atomic mass is 10.3. The Kier molecular flexibility index (Phi) is 4.16. The van der Waals surface area contributed by atoms with Crippen LogP contribution in [-0.2, 0) is 20.7 Å². The van der Waals surface area contributed by atoms with Gasteiger partial charge in [-0.15, -0.1) is 11.3 Å². The van der Waals surface area contributed by atoms with E-state index in [1.54, 1.807) is 6.92 Å². The molecule has 0 aliphatic heterocycles. The molecule has 102 valence electrons. The van der Waals surface area contributed by atoms with Crippen molar-refractivity contribution in [2.45, 2.75) is 20.3 Å². The molecule has 2 aromatic rings. The first-order valence-corrected chi connectivity index (χ1v) is 6.82. The van der Waals surface area contributed by atoms with Gasteiger partial charge >= 0.3 is 5.97 Å². The zero-order chi connectivity index (χ0) is 13.8. The molecular formula is C12H15N3O3S. The van der Waals surface area contributed by atoms with Crippen molar-refractivity contribution in [1.29, 1.82) is 0 Å². The van der Waals surface area contributed by atoms with Crippen molar-refractivity contribution in [3.05, 3.63) is 23.0 Å². The van der Waals surface area contributed by atoms with Crippen LogP contribution in [0.5, 0.6) is 0 Å². The number of fused-ring (bicyclic) bond motifs is 1. The van der Waals surface area contributed by atoms with Crippen LogP contribution in [0.3, 0.4) is 0 Å². The molecule has 19 heavy (non-hydrogen) atoms. The second kappa shape index (κ2) is 5.83. The number of aryl methyl sites for hydroxylation is 1. The van der Waals surface area contributed by atoms with Crippen molar-refractivity contribution in [2.75, 3.05) is 13.2 Å². The van der Waals surface area contributed by atoms with Crippen LogP contribution in [0, 0.1) is 6.92 Å². The number of carbonyl (C=O) groups is 2. The summed E-state index contributed by atoms with van der Waals surface area (Å²) in [7, 11) is 0. The Labute approximate surface area is 114 Å². The Bertz CT molecular complexity index is 602. The SMILES string of the molecule is CCOC(=O)CNC(=O)Cc1csc2nc(C)cn12. The van der Waals surface area contributed by atoms with E-state index in [1.807, 2.05) is 22.9 Å². The van der Waals surface area contributed by atoms with Crippen LogP contribution >= 0.6 is 11.3 Å². The minimum atomic E-state index is -0.426. The fourth-order valence-corrected chi connectivity index (χ4v) is 2.60. The molecule has 0 aromatic carbocycles. The summed E-state index contributed by atoms with van der Waals surface area (Å²) in [4.78, 5) is 28.0. The van der Waals surface area contributed by atoms with Crippen molar-refractivity contribution < 1.29 is 14.3 Å². The largest absolute Gasteiger partial charge is 0.465 e. The number of ether oxygens (including phenoxy) is 1. The average molecular weight is 281 g/mol. The third-order valence-corrected chi connectivity index (χ3v) is 3.37. The first kappa shape index (κ1) is 13.5. The molecule has 0 bridgehead atoms. The number of nitrogens with one attached hydrogen (secondary N) is 1. The monoisotopic (exact) mass is 281 g/mol. The van der Waals surface area contributed by atoms with Gasteiger partial charge in [0.15, 0.2) is 4.96 Å². The molecule has 0 aliphatic carbocycles. The van der Waals surface area contributed by atoms with Crippen LogP contribution in [0.2, 0.25) is 0 Å². The Morgan fingerprint density at radius 1 is 1.53 bits per heavy atom. The summed E-state index contributed by atoms with van der Waals surface area (Å²) in [5, 5.41) is 4.43. The topological polar surface area (TPSA) is 72.7 Å². The molecule has 0 saturated carbocycles. The van der Waals surface area contributed by atoms with Gasteiger partial charge in [-0.05, 0) is 13.8 Å². The molecule has 7 heteroatoms. The Balaban J connectivity index is 1.93. The van der Waals surface area contributed by atoms with Gasteiger partial charge in [-0.25, -0.2) is 4.98 Å². The lowest BCUT2D eigenvalue weighted by Gasteiger charge is -2.04. The standard InChI is InChI=1S/C12H15N3O3S/c1-3-18-11(17)5-13-10(16)4-9-7-19-12-14-8(2)6-15(9)12/h6-7H,3-5H2,1-2H3,(H,13,16). The van der Waals surface area contributed by atoms with Crippen molar-refractivity contribution in [3.63, 3.8) is 0 Å². The number of hydrogen-bond donors (Lipinski definition) is 1. The summed E-state index contributed by atoms with van der Waals surface area (Å²) in [6.45, 7) is 3.85. The predicted octanol–water partition coefficient (Wildman–Crippen LogP) is 0.926. The van der Waals surface area contributed by atoms with Crippen LogP contribution < -0.4 is 5.32 Å². The van der Waals surface area contributed by atoms with E-state index in [4.69, 9.17) is 4.74 Å². The molecule has 0 aliphatic rings. The summed E-state index contributed by atoms with van der Waals surface area (Å²) in [6, 6.07) is 0. The molecule has 0 unspecified atom stereocenters. The number of thiazole rings is 1. The van der Waals surface area contributed by atoms with Crippen molar-refractivity contribution in [1.82, 2.24) is 14.7 Å². The zero-order valence-electron chi connectivity index (χ0n) is 10.8. The van der Waals surface area contributed by atoms with E-state index in [-0.39, 0.29) is 18.9 Å². The lowest BCUT2D eigenvalue weighted by molar-refractivity contribution is -0.143. The molecule has 1 N–H and O–H groups in total. The van der Waals surface area contributed by atoms with E-state index in [0.29, 0.717) is 6.61 Å². The van der Waals surface area contributed by atoms with E-state index in [2.05, 4.69) is 10.3 Å². The van der Waals surface area contributed by atoms with Crippen LogP contribution in [0.1, 0.15) is 18.3 Å². The third-order valence-electron chi connectivity index (χ3n) is 2.48. The predicted molar refractivity (Wildman–Crippen MR) is 71.2 cm³/mol. The molecule has 2 aromatic heterocycles. The van der Waals surface area contributed by atoms with E-state index in [9.17, 15) is 9.59 Å². The summed E-state index contributed by atoms with van der Waals surface area (Å²) in [5.41, 5.74) is 1.78. The summed E-state index contributed by atoms with van der Waals surface area (Å²) >= 11 is 1.49. The Morgan fingerprint density at radius 3 is 3.05 bits per heavy atom. The lowest BCUT2D eigenvalue weighted by Crippen LogP contribution is -2.31. The zero-order valence-corrected chi connectivity index (χ0v) is 11.6. The number of nitrogens with zero attached hydrogens (tertiary/aromatic N) is 2. The molecule has 2 rings (SSSR count).